The minimum absolute atomic E-state index is 0.182. The molecule has 31 heavy (non-hydrogen) atoms. The van der Waals surface area contributed by atoms with E-state index in [0.717, 1.165) is 16.7 Å². The van der Waals surface area contributed by atoms with Crippen molar-refractivity contribution in [3.05, 3.63) is 51.5 Å². The van der Waals surface area contributed by atoms with Crippen LogP contribution in [0.2, 0.25) is 0 Å². The van der Waals surface area contributed by atoms with E-state index in [0.29, 0.717) is 21.7 Å². The van der Waals surface area contributed by atoms with Crippen molar-refractivity contribution < 1.29 is 19.4 Å². The summed E-state index contributed by atoms with van der Waals surface area (Å²) in [5, 5.41) is 14.9. The highest BCUT2D eigenvalue weighted by Crippen LogP contribution is 2.39. The molecule has 0 saturated carbocycles. The summed E-state index contributed by atoms with van der Waals surface area (Å²) in [6, 6.07) is 9.02. The van der Waals surface area contributed by atoms with E-state index in [2.05, 4.69) is 26.5 Å². The van der Waals surface area contributed by atoms with E-state index in [1.54, 1.807) is 31.5 Å². The molecule has 0 fully saturated rings. The van der Waals surface area contributed by atoms with Gasteiger partial charge in [-0.3, -0.25) is 4.79 Å². The summed E-state index contributed by atoms with van der Waals surface area (Å²) in [5.41, 5.74) is 4.46. The van der Waals surface area contributed by atoms with Gasteiger partial charge in [0.25, 0.3) is 5.91 Å². The minimum atomic E-state index is -0.384. The number of nitrogens with one attached hydrogen (secondary N) is 1. The lowest BCUT2D eigenvalue weighted by Crippen LogP contribution is -2.24. The zero-order valence-corrected chi connectivity index (χ0v) is 20.8. The van der Waals surface area contributed by atoms with E-state index >= 15 is 0 Å². The first-order chi connectivity index (χ1) is 14.3. The predicted octanol–water partition coefficient (Wildman–Crippen LogP) is 5.29. The van der Waals surface area contributed by atoms with E-state index in [4.69, 9.17) is 9.47 Å². The summed E-state index contributed by atoms with van der Waals surface area (Å²) in [4.78, 5) is 12.1. The summed E-state index contributed by atoms with van der Waals surface area (Å²) >= 11 is 3.39. The molecule has 2 rings (SSSR count). The molecule has 0 radical (unpaired) electrons. The molecular formula is C24H31BrN2O4. The summed E-state index contributed by atoms with van der Waals surface area (Å²) in [6.45, 7) is 12.1. The average molecular weight is 491 g/mol. The zero-order valence-electron chi connectivity index (χ0n) is 19.2. The van der Waals surface area contributed by atoms with Crippen LogP contribution in [0, 0.1) is 0 Å². The SMILES string of the molecule is COc1ccc(OCC(=O)N/N=C\c2cc(C(C)(C)C)c(O)c(C(C)(C)C)c2)c(Br)c1. The highest BCUT2D eigenvalue weighted by Gasteiger charge is 2.26. The van der Waals surface area contributed by atoms with E-state index < -0.39 is 0 Å². The number of phenolic OH excluding ortho intramolecular Hbond substituents is 1. The van der Waals surface area contributed by atoms with Gasteiger partial charge in [-0.05, 0) is 62.7 Å². The van der Waals surface area contributed by atoms with E-state index in [1.165, 1.54) is 0 Å². The molecule has 7 heteroatoms. The van der Waals surface area contributed by atoms with Crippen LogP contribution >= 0.6 is 15.9 Å². The molecule has 0 aliphatic rings. The number of amides is 1. The normalized spacial score (nSPS) is 12.1. The quantitative estimate of drug-likeness (QED) is 0.425. The fourth-order valence-corrected chi connectivity index (χ4v) is 3.43. The molecule has 0 spiro atoms. The van der Waals surface area contributed by atoms with Gasteiger partial charge in [-0.25, -0.2) is 5.43 Å². The Morgan fingerprint density at radius 2 is 1.68 bits per heavy atom. The second-order valence-corrected chi connectivity index (χ2v) is 10.2. The van der Waals surface area contributed by atoms with Crippen molar-refractivity contribution in [3.8, 4) is 17.2 Å². The van der Waals surface area contributed by atoms with Crippen molar-refractivity contribution in [1.29, 1.82) is 0 Å². The summed E-state index contributed by atoms with van der Waals surface area (Å²) in [7, 11) is 1.58. The maximum atomic E-state index is 12.1. The number of carbonyl (C=O) groups is 1. The number of halogens is 1. The molecule has 0 aromatic heterocycles. The lowest BCUT2D eigenvalue weighted by Gasteiger charge is -2.27. The smallest absolute Gasteiger partial charge is 0.277 e. The second-order valence-electron chi connectivity index (χ2n) is 9.34. The van der Waals surface area contributed by atoms with Crippen LogP contribution in [-0.2, 0) is 15.6 Å². The van der Waals surface area contributed by atoms with E-state index in [-0.39, 0.29) is 23.3 Å². The first kappa shape index (κ1) is 24.7. The number of hydrogen-bond donors (Lipinski definition) is 2. The molecule has 2 aromatic carbocycles. The average Bonchev–Trinajstić information content (AvgIpc) is 2.66. The number of hydrazone groups is 1. The molecule has 0 bridgehead atoms. The number of nitrogens with zero attached hydrogens (tertiary/aromatic N) is 1. The van der Waals surface area contributed by atoms with Crippen LogP contribution < -0.4 is 14.9 Å². The van der Waals surface area contributed by atoms with Crippen molar-refractivity contribution in [2.75, 3.05) is 13.7 Å². The van der Waals surface area contributed by atoms with Crippen LogP contribution in [0.5, 0.6) is 17.2 Å². The second kappa shape index (κ2) is 9.73. The number of hydrogen-bond acceptors (Lipinski definition) is 5. The lowest BCUT2D eigenvalue weighted by atomic mass is 9.78. The molecule has 2 aromatic rings. The van der Waals surface area contributed by atoms with Gasteiger partial charge in [0.1, 0.15) is 17.2 Å². The number of benzene rings is 2. The zero-order chi connectivity index (χ0) is 23.4. The third-order valence-electron chi connectivity index (χ3n) is 4.65. The number of methoxy groups -OCH3 is 1. The van der Waals surface area contributed by atoms with Gasteiger partial charge in [-0.2, -0.15) is 5.10 Å². The summed E-state index contributed by atoms with van der Waals surface area (Å²) < 4.78 is 11.4. The topological polar surface area (TPSA) is 80.2 Å². The molecule has 168 valence electrons. The van der Waals surface area contributed by atoms with Crippen molar-refractivity contribution in [2.45, 2.75) is 52.4 Å². The van der Waals surface area contributed by atoms with Gasteiger partial charge in [0.15, 0.2) is 6.61 Å². The van der Waals surface area contributed by atoms with Gasteiger partial charge < -0.3 is 14.6 Å². The molecule has 0 atom stereocenters. The molecular weight excluding hydrogens is 460 g/mol. The molecule has 2 N–H and O–H groups in total. The van der Waals surface area contributed by atoms with Gasteiger partial charge in [-0.1, -0.05) is 41.5 Å². The van der Waals surface area contributed by atoms with Crippen molar-refractivity contribution >= 4 is 28.1 Å². The van der Waals surface area contributed by atoms with Gasteiger partial charge in [0.2, 0.25) is 0 Å². The van der Waals surface area contributed by atoms with Gasteiger partial charge in [0, 0.05) is 11.1 Å². The van der Waals surface area contributed by atoms with Crippen LogP contribution in [0.1, 0.15) is 58.2 Å². The first-order valence-electron chi connectivity index (χ1n) is 9.99. The highest BCUT2D eigenvalue weighted by molar-refractivity contribution is 9.10. The first-order valence-corrected chi connectivity index (χ1v) is 10.8. The molecule has 1 amide bonds. The summed E-state index contributed by atoms with van der Waals surface area (Å²) in [5.74, 6) is 1.14. The monoisotopic (exact) mass is 490 g/mol. The van der Waals surface area contributed by atoms with Gasteiger partial charge in [-0.15, -0.1) is 0 Å². The van der Waals surface area contributed by atoms with Crippen LogP contribution in [-0.4, -0.2) is 30.9 Å². The fraction of sp³-hybridized carbons (Fsp3) is 0.417. The van der Waals surface area contributed by atoms with Crippen molar-refractivity contribution in [1.82, 2.24) is 5.43 Å². The van der Waals surface area contributed by atoms with Gasteiger partial charge >= 0.3 is 0 Å². The van der Waals surface area contributed by atoms with Crippen LogP contribution in [0.3, 0.4) is 0 Å². The minimum Gasteiger partial charge on any atom is -0.507 e. The van der Waals surface area contributed by atoms with Crippen molar-refractivity contribution in [3.63, 3.8) is 0 Å². The third kappa shape index (κ3) is 6.72. The Bertz CT molecular complexity index is 938. The Balaban J connectivity index is 2.10. The Kier molecular flexibility index (Phi) is 7.76. The predicted molar refractivity (Wildman–Crippen MR) is 127 cm³/mol. The highest BCUT2D eigenvalue weighted by atomic mass is 79.9. The molecule has 6 nitrogen and oxygen atoms in total. The number of carbonyl (C=O) groups excluding carboxylic acids is 1. The third-order valence-corrected chi connectivity index (χ3v) is 5.27. The largest absolute Gasteiger partial charge is 0.507 e. The maximum Gasteiger partial charge on any atom is 0.277 e. The lowest BCUT2D eigenvalue weighted by molar-refractivity contribution is -0.123. The number of ether oxygens (including phenoxy) is 2. The number of rotatable bonds is 6. The molecule has 0 heterocycles. The molecule has 0 saturated heterocycles. The Morgan fingerprint density at radius 1 is 1.10 bits per heavy atom. The molecule has 0 unspecified atom stereocenters. The van der Waals surface area contributed by atoms with E-state index in [1.807, 2.05) is 53.7 Å². The van der Waals surface area contributed by atoms with Crippen LogP contribution in [0.25, 0.3) is 0 Å². The van der Waals surface area contributed by atoms with E-state index in [9.17, 15) is 9.90 Å². The van der Waals surface area contributed by atoms with Crippen LogP contribution in [0.15, 0.2) is 39.9 Å². The standard InChI is InChI=1S/C24H31BrN2O4/c1-23(2,3)17-10-15(11-18(22(17)29)24(4,5)6)13-26-27-21(28)14-31-20-9-8-16(30-7)12-19(20)25/h8-13,29H,14H2,1-7H3,(H,27,28)/b26-13-. The van der Waals surface area contributed by atoms with Crippen LogP contribution in [0.4, 0.5) is 0 Å². The van der Waals surface area contributed by atoms with Gasteiger partial charge in [0.05, 0.1) is 17.8 Å². The fourth-order valence-electron chi connectivity index (χ4n) is 2.95. The molecule has 0 aliphatic heterocycles. The summed E-state index contributed by atoms with van der Waals surface area (Å²) in [6.07, 6.45) is 1.57. The number of phenols is 1. The Morgan fingerprint density at radius 3 is 2.16 bits per heavy atom. The Hall–Kier alpha value is -2.54. The molecule has 0 aliphatic carbocycles. The number of aromatic hydroxyl groups is 1. The Labute approximate surface area is 192 Å². The maximum absolute atomic E-state index is 12.1. The van der Waals surface area contributed by atoms with Crippen molar-refractivity contribution in [2.24, 2.45) is 5.10 Å².